The third kappa shape index (κ3) is 4.54. The van der Waals surface area contributed by atoms with Gasteiger partial charge in [-0.2, -0.15) is 11.8 Å². The topological polar surface area (TPSA) is 26.0 Å². The lowest BCUT2D eigenvalue weighted by molar-refractivity contribution is 0.779. The van der Waals surface area contributed by atoms with Crippen LogP contribution in [0.1, 0.15) is 32.4 Å². The molecule has 0 radical (unpaired) electrons. The molecule has 16 heavy (non-hydrogen) atoms. The van der Waals surface area contributed by atoms with Gasteiger partial charge >= 0.3 is 0 Å². The highest BCUT2D eigenvalue weighted by Crippen LogP contribution is 2.30. The molecule has 1 nitrogen and oxygen atoms in total. The summed E-state index contributed by atoms with van der Waals surface area (Å²) in [5, 5.41) is 1.14. The van der Waals surface area contributed by atoms with E-state index in [-0.39, 0.29) is 10.8 Å². The molecule has 0 aliphatic heterocycles. The zero-order valence-corrected chi connectivity index (χ0v) is 12.1. The van der Waals surface area contributed by atoms with Crippen molar-refractivity contribution in [2.24, 2.45) is 5.73 Å². The van der Waals surface area contributed by atoms with Crippen molar-refractivity contribution in [3.8, 4) is 0 Å². The van der Waals surface area contributed by atoms with Crippen molar-refractivity contribution >= 4 is 35.0 Å². The maximum atomic E-state index is 6.10. The Morgan fingerprint density at radius 3 is 2.38 bits per heavy atom. The van der Waals surface area contributed by atoms with E-state index in [1.54, 1.807) is 6.07 Å². The Morgan fingerprint density at radius 2 is 1.88 bits per heavy atom. The fourth-order valence-corrected chi connectivity index (χ4v) is 2.36. The van der Waals surface area contributed by atoms with Crippen LogP contribution in [0.4, 0.5) is 0 Å². The van der Waals surface area contributed by atoms with Crippen molar-refractivity contribution in [1.82, 2.24) is 0 Å². The quantitative estimate of drug-likeness (QED) is 0.879. The third-order valence-corrected chi connectivity index (χ3v) is 4.20. The van der Waals surface area contributed by atoms with Crippen molar-refractivity contribution in [3.63, 3.8) is 0 Å². The van der Waals surface area contributed by atoms with Gasteiger partial charge in [0.1, 0.15) is 0 Å². The molecule has 90 valence electrons. The molecule has 0 fully saturated rings. The van der Waals surface area contributed by atoms with Crippen molar-refractivity contribution in [1.29, 1.82) is 0 Å². The predicted octanol–water partition coefficient (Wildman–Crippen LogP) is 4.52. The summed E-state index contributed by atoms with van der Waals surface area (Å²) in [6.07, 6.45) is 0. The standard InChI is InChI=1S/C12H17Cl2NS/c1-12(2,3)16-7-11(15)8-4-5-9(13)10(14)6-8/h4-6,11H,7,15H2,1-3H3. The number of rotatable bonds is 3. The van der Waals surface area contributed by atoms with Crippen LogP contribution in [-0.4, -0.2) is 10.5 Å². The maximum Gasteiger partial charge on any atom is 0.0595 e. The summed E-state index contributed by atoms with van der Waals surface area (Å²) in [6.45, 7) is 6.54. The SMILES string of the molecule is CC(C)(C)SCC(N)c1ccc(Cl)c(Cl)c1. The van der Waals surface area contributed by atoms with Crippen LogP contribution < -0.4 is 5.73 Å². The average Bonchev–Trinajstić information content (AvgIpc) is 2.17. The molecule has 0 spiro atoms. The van der Waals surface area contributed by atoms with E-state index in [9.17, 15) is 0 Å². The van der Waals surface area contributed by atoms with Crippen LogP contribution in [0.5, 0.6) is 0 Å². The van der Waals surface area contributed by atoms with Crippen molar-refractivity contribution in [2.75, 3.05) is 5.75 Å². The van der Waals surface area contributed by atoms with Gasteiger partial charge in [-0.05, 0) is 17.7 Å². The fourth-order valence-electron chi connectivity index (χ4n) is 1.18. The zero-order chi connectivity index (χ0) is 12.3. The summed E-state index contributed by atoms with van der Waals surface area (Å²) in [7, 11) is 0. The highest BCUT2D eigenvalue weighted by molar-refractivity contribution is 8.00. The molecule has 0 saturated carbocycles. The molecule has 1 aromatic carbocycles. The first kappa shape index (κ1) is 14.2. The van der Waals surface area contributed by atoms with Crippen LogP contribution in [-0.2, 0) is 0 Å². The van der Waals surface area contributed by atoms with E-state index in [2.05, 4.69) is 20.8 Å². The molecule has 0 bridgehead atoms. The van der Waals surface area contributed by atoms with Crippen LogP contribution in [0, 0.1) is 0 Å². The highest BCUT2D eigenvalue weighted by Gasteiger charge is 2.14. The summed E-state index contributed by atoms with van der Waals surface area (Å²) in [5.74, 6) is 0.876. The minimum Gasteiger partial charge on any atom is -0.323 e. The first-order valence-electron chi connectivity index (χ1n) is 5.14. The van der Waals surface area contributed by atoms with Crippen LogP contribution in [0.3, 0.4) is 0 Å². The Hall–Kier alpha value is 0.110. The first-order chi connectivity index (χ1) is 7.29. The molecule has 0 aliphatic carbocycles. The molecule has 0 saturated heterocycles. The average molecular weight is 278 g/mol. The minimum absolute atomic E-state index is 0.000934. The third-order valence-electron chi connectivity index (χ3n) is 2.07. The van der Waals surface area contributed by atoms with E-state index in [1.165, 1.54) is 0 Å². The molecule has 1 aromatic rings. The molecule has 0 amide bonds. The van der Waals surface area contributed by atoms with Crippen molar-refractivity contribution < 1.29 is 0 Å². The van der Waals surface area contributed by atoms with E-state index < -0.39 is 0 Å². The second-order valence-electron chi connectivity index (χ2n) is 4.70. The zero-order valence-electron chi connectivity index (χ0n) is 9.76. The second-order valence-corrected chi connectivity index (χ2v) is 7.36. The molecular formula is C12H17Cl2NS. The number of nitrogens with two attached hydrogens (primary N) is 1. The Balaban J connectivity index is 2.66. The molecule has 0 aromatic heterocycles. The number of halogens is 2. The first-order valence-corrected chi connectivity index (χ1v) is 6.88. The Morgan fingerprint density at radius 1 is 1.25 bits per heavy atom. The molecular weight excluding hydrogens is 261 g/mol. The van der Waals surface area contributed by atoms with Gasteiger partial charge in [-0.3, -0.25) is 0 Å². The monoisotopic (exact) mass is 277 g/mol. The fraction of sp³-hybridized carbons (Fsp3) is 0.500. The maximum absolute atomic E-state index is 6.10. The van der Waals surface area contributed by atoms with E-state index in [0.717, 1.165) is 11.3 Å². The molecule has 1 unspecified atom stereocenters. The van der Waals surface area contributed by atoms with Gasteiger partial charge in [-0.25, -0.2) is 0 Å². The molecule has 2 N–H and O–H groups in total. The molecule has 0 aliphatic rings. The predicted molar refractivity (Wildman–Crippen MR) is 75.6 cm³/mol. The Labute approximate surface area is 112 Å². The summed E-state index contributed by atoms with van der Waals surface area (Å²) in [5.41, 5.74) is 7.13. The number of hydrogen-bond donors (Lipinski definition) is 1. The summed E-state index contributed by atoms with van der Waals surface area (Å²) >= 11 is 13.7. The smallest absolute Gasteiger partial charge is 0.0595 e. The van der Waals surface area contributed by atoms with Gasteiger partial charge in [0.2, 0.25) is 0 Å². The summed E-state index contributed by atoms with van der Waals surface area (Å²) in [4.78, 5) is 0. The van der Waals surface area contributed by atoms with Gasteiger partial charge in [0, 0.05) is 16.5 Å². The Bertz CT molecular complexity index is 361. The molecule has 4 heteroatoms. The van der Waals surface area contributed by atoms with E-state index in [1.807, 2.05) is 23.9 Å². The number of thioether (sulfide) groups is 1. The van der Waals surface area contributed by atoms with E-state index >= 15 is 0 Å². The van der Waals surface area contributed by atoms with Gasteiger partial charge in [0.15, 0.2) is 0 Å². The van der Waals surface area contributed by atoms with Crippen molar-refractivity contribution in [2.45, 2.75) is 31.6 Å². The molecule has 1 rings (SSSR count). The highest BCUT2D eigenvalue weighted by atomic mass is 35.5. The summed E-state index contributed by atoms with van der Waals surface area (Å²) in [6, 6.07) is 5.57. The van der Waals surface area contributed by atoms with Gasteiger partial charge in [0.25, 0.3) is 0 Å². The van der Waals surface area contributed by atoms with Crippen molar-refractivity contribution in [3.05, 3.63) is 33.8 Å². The molecule has 0 heterocycles. The number of benzene rings is 1. The normalized spacial score (nSPS) is 13.9. The van der Waals surface area contributed by atoms with Gasteiger partial charge < -0.3 is 5.73 Å². The lowest BCUT2D eigenvalue weighted by atomic mass is 10.1. The van der Waals surface area contributed by atoms with E-state index in [0.29, 0.717) is 10.0 Å². The lowest BCUT2D eigenvalue weighted by Gasteiger charge is -2.21. The second kappa shape index (κ2) is 5.63. The van der Waals surface area contributed by atoms with Gasteiger partial charge in [0.05, 0.1) is 10.0 Å². The van der Waals surface area contributed by atoms with Gasteiger partial charge in [-0.1, -0.05) is 50.0 Å². The van der Waals surface area contributed by atoms with Crippen LogP contribution in [0.25, 0.3) is 0 Å². The van der Waals surface area contributed by atoms with E-state index in [4.69, 9.17) is 28.9 Å². The summed E-state index contributed by atoms with van der Waals surface area (Å²) < 4.78 is 0.230. The number of hydrogen-bond acceptors (Lipinski definition) is 2. The lowest BCUT2D eigenvalue weighted by Crippen LogP contribution is -2.18. The molecule has 1 atom stereocenters. The van der Waals surface area contributed by atoms with Gasteiger partial charge in [-0.15, -0.1) is 0 Å². The Kier molecular flexibility index (Phi) is 4.99. The van der Waals surface area contributed by atoms with Crippen LogP contribution in [0.2, 0.25) is 10.0 Å². The van der Waals surface area contributed by atoms with Crippen LogP contribution in [0.15, 0.2) is 18.2 Å². The largest absolute Gasteiger partial charge is 0.323 e. The van der Waals surface area contributed by atoms with Crippen LogP contribution >= 0.6 is 35.0 Å². The minimum atomic E-state index is -0.000934.